The first kappa shape index (κ1) is 86.0. The van der Waals surface area contributed by atoms with Crippen LogP contribution in [0.1, 0.15) is 169 Å². The number of nitrogens with one attached hydrogen (secondary N) is 3. The monoisotopic (exact) mass is 1520 g/mol. The fraction of sp³-hybridized carbons (Fsp3) is 0.808. The van der Waals surface area contributed by atoms with Crippen molar-refractivity contribution < 1.29 is 97.4 Å². The predicted molar refractivity (Wildman–Crippen MR) is 372 cm³/mol. The molecule has 4 saturated carbocycles. The Kier molecular flexibility index (Phi) is 29.9. The molecule has 7 aliphatic rings. The molecule has 3 N–H and O–H groups in total. The lowest BCUT2D eigenvalue weighted by atomic mass is 9.74. The van der Waals surface area contributed by atoms with Gasteiger partial charge >= 0.3 is 12.4 Å². The van der Waals surface area contributed by atoms with Crippen LogP contribution in [0.5, 0.6) is 0 Å². The zero-order chi connectivity index (χ0) is 78.8. The van der Waals surface area contributed by atoms with Gasteiger partial charge in [-0.3, -0.25) is 57.5 Å². The summed E-state index contributed by atoms with van der Waals surface area (Å²) < 4.78 is 121. The van der Waals surface area contributed by atoms with Gasteiger partial charge in [0.25, 0.3) is 0 Å². The maximum absolute atomic E-state index is 15.5. The van der Waals surface area contributed by atoms with Crippen molar-refractivity contribution in [3.05, 3.63) is 12.2 Å². The van der Waals surface area contributed by atoms with Gasteiger partial charge in [0, 0.05) is 82.5 Å². The first-order chi connectivity index (χ1) is 49.7. The second-order valence-electron chi connectivity index (χ2n) is 30.9. The van der Waals surface area contributed by atoms with E-state index in [-0.39, 0.29) is 96.7 Å². The fourth-order valence-electron chi connectivity index (χ4n) is 16.8. The number of halogens is 8. The molecule has 0 aromatic heterocycles. The third kappa shape index (κ3) is 20.4. The minimum absolute atomic E-state index is 0.00264. The van der Waals surface area contributed by atoms with Gasteiger partial charge in [0.15, 0.2) is 0 Å². The Labute approximate surface area is 616 Å². The van der Waals surface area contributed by atoms with Gasteiger partial charge in [-0.2, -0.15) is 26.3 Å². The number of amides is 12. The second-order valence-corrected chi connectivity index (χ2v) is 30.9. The van der Waals surface area contributed by atoms with Crippen LogP contribution in [0.3, 0.4) is 0 Å². The Balaban J connectivity index is 1.31. The van der Waals surface area contributed by atoms with Gasteiger partial charge in [0.05, 0.1) is 31.5 Å². The normalized spacial score (nSPS) is 32.3. The Hall–Kier alpha value is -7.22. The Morgan fingerprint density at radius 1 is 0.642 bits per heavy atom. The van der Waals surface area contributed by atoms with Crippen LogP contribution in [-0.4, -0.2) is 289 Å². The molecule has 6 fully saturated rings. The van der Waals surface area contributed by atoms with Crippen molar-refractivity contribution in [1.82, 2.24) is 60.0 Å². The topological polar surface area (TPSA) is 279 Å². The Morgan fingerprint density at radius 3 is 1.82 bits per heavy atom. The molecule has 0 radical (unpaired) electrons. The van der Waals surface area contributed by atoms with E-state index in [4.69, 9.17) is 4.74 Å². The van der Waals surface area contributed by atoms with Crippen molar-refractivity contribution in [2.75, 3.05) is 89.2 Å². The summed E-state index contributed by atoms with van der Waals surface area (Å²) in [6, 6.07) is -11.3. The van der Waals surface area contributed by atoms with Crippen LogP contribution in [0, 0.1) is 35.5 Å². The van der Waals surface area contributed by atoms with Crippen LogP contribution in [0.4, 0.5) is 35.1 Å². The van der Waals surface area contributed by atoms with Gasteiger partial charge in [-0.25, -0.2) is 8.78 Å². The summed E-state index contributed by atoms with van der Waals surface area (Å²) in [5, 5.41) is 8.34. The lowest BCUT2D eigenvalue weighted by Crippen LogP contribution is -2.68. The van der Waals surface area contributed by atoms with Crippen molar-refractivity contribution >= 4 is 70.9 Å². The van der Waals surface area contributed by atoms with Crippen molar-refractivity contribution in [1.29, 1.82) is 0 Å². The van der Waals surface area contributed by atoms with E-state index >= 15 is 37.5 Å². The Bertz CT molecular complexity index is 3170. The number of rotatable bonds is 12. The van der Waals surface area contributed by atoms with Gasteiger partial charge < -0.3 is 64.8 Å². The lowest BCUT2D eigenvalue weighted by molar-refractivity contribution is -0.219. The van der Waals surface area contributed by atoms with E-state index in [9.17, 15) is 55.1 Å². The number of hydrogen-bond acceptors (Lipinski definition) is 13. The fourth-order valence-corrected chi connectivity index (χ4v) is 16.8. The van der Waals surface area contributed by atoms with Crippen LogP contribution in [0.15, 0.2) is 12.2 Å². The number of hydrogen-bond donors (Lipinski definition) is 3. The highest BCUT2D eigenvalue weighted by atomic mass is 19.4. The van der Waals surface area contributed by atoms with Crippen LogP contribution in [0.2, 0.25) is 0 Å². The van der Waals surface area contributed by atoms with Crippen LogP contribution >= 0.6 is 0 Å². The summed E-state index contributed by atoms with van der Waals surface area (Å²) in [5.74, 6) is -16.8. The van der Waals surface area contributed by atoms with Gasteiger partial charge in [-0.05, 0) is 140 Å². The summed E-state index contributed by atoms with van der Waals surface area (Å²) in [6.07, 6.45) is -13.3. The summed E-state index contributed by atoms with van der Waals surface area (Å²) in [7, 11) is 10.8. The molecule has 0 aromatic rings. The van der Waals surface area contributed by atoms with Crippen LogP contribution in [0.25, 0.3) is 0 Å². The number of nitrogens with zero attached hydrogens (tertiary/aromatic N) is 9. The second kappa shape index (κ2) is 36.8. The molecule has 598 valence electrons. The van der Waals surface area contributed by atoms with Gasteiger partial charge in [0.1, 0.15) is 72.1 Å². The van der Waals surface area contributed by atoms with E-state index in [0.29, 0.717) is 38.5 Å². The Morgan fingerprint density at radius 2 is 1.26 bits per heavy atom. The number of fused-ring (bicyclic) bond motifs is 3. The summed E-state index contributed by atoms with van der Waals surface area (Å²) in [4.78, 5) is 190. The quantitative estimate of drug-likeness (QED) is 0.156. The number of alkyl halides is 8. The predicted octanol–water partition coefficient (Wildman–Crippen LogP) is 5.71. The molecule has 2 saturated heterocycles. The largest absolute Gasteiger partial charge is 0.397 e. The van der Waals surface area contributed by atoms with E-state index in [1.54, 1.807) is 39.8 Å². The molecule has 3 aliphatic heterocycles. The smallest absolute Gasteiger partial charge is 0.377 e. The zero-order valence-electron chi connectivity index (χ0n) is 63.4. The summed E-state index contributed by atoms with van der Waals surface area (Å²) in [5.41, 5.74) is -1.69. The standard InChI is InChI=1S/C73H112F8N12O13/c1-13-42(4)60-68(103)87(8)41-58(96)89(10)52-24-17-16-20-33-92(67(52)102)55(36-43-25-28-46(29-26-43)72(76,77)78)66(101)86(7)40-56(94)82-50(30-27-44-34-48(74)59(49(75)35-44)73(79,80)81)64(99)93-39-47(106-15-3)37-53(93)63(98)84-71(31-21-32-71)70(105)91(12)61(45-22-18-19-23-45)69(104)90(11)54(65(100)85(5)6)38-57(95)88(9)51(14-2)62(97)83-60/h16-17,42-55,59-61H,13-15,18-41H2,1-12H3,(H,82,94)(H,83,97)(H,84,98)/b17-16-/t42-,43?,44?,46?,47+,48?,49?,50-,51-,52-,53-,54+,55-,59?,60-,61-/m0/s1. The van der Waals surface area contributed by atoms with Crippen molar-refractivity contribution in [3.63, 3.8) is 0 Å². The molecule has 4 aliphatic carbocycles. The molecule has 2 unspecified atom stereocenters. The van der Waals surface area contributed by atoms with Crippen molar-refractivity contribution in [3.8, 4) is 0 Å². The maximum atomic E-state index is 15.5. The molecule has 0 aromatic carbocycles. The third-order valence-corrected chi connectivity index (χ3v) is 23.6. The summed E-state index contributed by atoms with van der Waals surface area (Å²) >= 11 is 0. The molecular formula is C73H112F8N12O13. The first-order valence-corrected chi connectivity index (χ1v) is 37.7. The van der Waals surface area contributed by atoms with Gasteiger partial charge in [0.2, 0.25) is 70.9 Å². The average molecular weight is 1520 g/mol. The summed E-state index contributed by atoms with van der Waals surface area (Å²) in [6.45, 7) is 4.85. The third-order valence-electron chi connectivity index (χ3n) is 23.6. The molecule has 2 bridgehead atoms. The van der Waals surface area contributed by atoms with Gasteiger partial charge in [-0.1, -0.05) is 52.2 Å². The molecule has 25 nitrogen and oxygen atoms in total. The molecular weight excluding hydrogens is 1400 g/mol. The zero-order valence-corrected chi connectivity index (χ0v) is 63.4. The first-order valence-electron chi connectivity index (χ1n) is 37.7. The van der Waals surface area contributed by atoms with Crippen LogP contribution in [-0.2, 0) is 62.3 Å². The maximum Gasteiger partial charge on any atom is 0.397 e. The molecule has 7 rings (SSSR count). The molecule has 33 heteroatoms. The number of likely N-dealkylation sites (N-methyl/N-ethyl adjacent to an activating group) is 7. The molecule has 12 atom stereocenters. The lowest BCUT2D eigenvalue weighted by Gasteiger charge is -2.46. The van der Waals surface area contributed by atoms with Crippen LogP contribution < -0.4 is 16.0 Å². The molecule has 12 amide bonds. The average Bonchev–Trinajstić information content (AvgIpc) is 1.21. The molecule has 106 heavy (non-hydrogen) atoms. The number of ether oxygens (including phenoxy) is 1. The van der Waals surface area contributed by atoms with E-state index in [1.807, 2.05) is 0 Å². The van der Waals surface area contributed by atoms with E-state index in [0.717, 1.165) is 29.4 Å². The van der Waals surface area contributed by atoms with E-state index in [2.05, 4.69) is 16.0 Å². The minimum Gasteiger partial charge on any atom is -0.377 e. The van der Waals surface area contributed by atoms with Crippen molar-refractivity contribution in [2.45, 2.75) is 254 Å². The SMILES string of the molecule is CCO[C@@H]1C[C@H]2C(=O)NC3(CCC3)C(=O)N(C)[C@@H](C3CCCC3)C(=O)N(C)[C@@H](C(=O)N(C)C)CC(=O)N(C)[C@@H](CC)C(=O)N[C@@H]([C@@H](C)CC)C(=O)N(C)CC(=O)N(C)[C@H]3C/C=C\CCN(C3=O)[C@@H](CC3CCC(C(F)(F)F)CC3)C(=O)N(C)CC(=O)N[C@@H](CCC3CC(F)C(C(F)(F)F)C(F)C3)C(=O)N2C1. The van der Waals surface area contributed by atoms with E-state index in [1.165, 1.54) is 71.1 Å². The molecule has 1 spiro atoms. The highest BCUT2D eigenvalue weighted by molar-refractivity contribution is 6.01. The van der Waals surface area contributed by atoms with Crippen molar-refractivity contribution in [2.24, 2.45) is 35.5 Å². The molecule has 3 heterocycles. The van der Waals surface area contributed by atoms with E-state index < -0.39 is 230 Å². The number of carbonyl (C=O) groups excluding carboxylic acids is 12. The highest BCUT2D eigenvalue weighted by Gasteiger charge is 2.56. The minimum atomic E-state index is -5.22. The number of carbonyl (C=O) groups is 12. The van der Waals surface area contributed by atoms with Gasteiger partial charge in [-0.15, -0.1) is 0 Å². The highest BCUT2D eigenvalue weighted by Crippen LogP contribution is 2.46.